The number of aromatic nitrogens is 1. The Kier molecular flexibility index (Phi) is 28.6. The maximum Gasteiger partial charge on any atom is 0.479 e. The average Bonchev–Trinajstić information content (AvgIpc) is 4.25. The molecule has 0 unspecified atom stereocenters. The molecule has 0 saturated heterocycles. The number of halogens is 1. The molecule has 14 heteroatoms. The van der Waals surface area contributed by atoms with Crippen LogP contribution in [0.4, 0.5) is 15.8 Å². The van der Waals surface area contributed by atoms with Crippen LogP contribution in [0.25, 0.3) is 10.9 Å². The second-order valence-corrected chi connectivity index (χ2v) is 22.2. The van der Waals surface area contributed by atoms with Crippen molar-refractivity contribution in [2.75, 3.05) is 38.1 Å². The van der Waals surface area contributed by atoms with Gasteiger partial charge >= 0.3 is 7.82 Å². The lowest BCUT2D eigenvalue weighted by molar-refractivity contribution is -0.701. The van der Waals surface area contributed by atoms with E-state index >= 15 is 0 Å². The zero-order chi connectivity index (χ0) is 53.4. The fourth-order valence-electron chi connectivity index (χ4n) is 9.47. The van der Waals surface area contributed by atoms with Gasteiger partial charge < -0.3 is 24.8 Å². The van der Waals surface area contributed by atoms with E-state index < -0.39 is 30.9 Å². The van der Waals surface area contributed by atoms with Crippen molar-refractivity contribution in [2.45, 2.75) is 213 Å². The summed E-state index contributed by atoms with van der Waals surface area (Å²) in [7, 11) is -0.820. The molecule has 416 valence electrons. The molecule has 0 aliphatic heterocycles. The fraction of sp³-hybridized carbons (Fsp3) is 0.623. The first kappa shape index (κ1) is 61.3. The molecule has 4 aromatic rings. The maximum atomic E-state index is 14.4. The smallest absolute Gasteiger partial charge is 0.479 e. The number of phosphoric acid groups is 1. The number of unbranched alkanes of at least 4 members (excludes halogenated alkanes) is 26. The van der Waals surface area contributed by atoms with E-state index in [9.17, 15) is 18.5 Å². The maximum absolute atomic E-state index is 14.4. The number of pyridine rings is 1. The van der Waals surface area contributed by atoms with E-state index in [1.807, 2.05) is 12.1 Å². The van der Waals surface area contributed by atoms with Gasteiger partial charge in [-0.15, -0.1) is 0 Å². The number of hydrogen-bond acceptors (Lipinski definition) is 9. The molecule has 75 heavy (non-hydrogen) atoms. The Balaban J connectivity index is 1.15. The summed E-state index contributed by atoms with van der Waals surface area (Å²) in [5.41, 5.74) is 0.377. The first-order chi connectivity index (χ1) is 36.6. The summed E-state index contributed by atoms with van der Waals surface area (Å²) in [6.07, 6.45) is 37.5. The number of amides is 2. The number of benzene rings is 3. The average molecular weight is 1060 g/mol. The molecule has 5 rings (SSSR count). The summed E-state index contributed by atoms with van der Waals surface area (Å²) >= 11 is 0. The molecule has 1 aromatic heterocycles. The highest BCUT2D eigenvalue weighted by Gasteiger charge is 2.56. The molecule has 1 saturated carbocycles. The third-order valence-electron chi connectivity index (χ3n) is 14.4. The predicted octanol–water partition coefficient (Wildman–Crippen LogP) is 17.5. The molecule has 1 aliphatic carbocycles. The number of nitrogens with zero attached hydrogens (tertiary/aromatic N) is 1. The van der Waals surface area contributed by atoms with Gasteiger partial charge in [-0.05, 0) is 74.2 Å². The van der Waals surface area contributed by atoms with Crippen LogP contribution in [0.3, 0.4) is 0 Å². The third kappa shape index (κ3) is 22.1. The van der Waals surface area contributed by atoms with Crippen molar-refractivity contribution < 1.29 is 50.9 Å². The largest absolute Gasteiger partial charge is 0.493 e. The van der Waals surface area contributed by atoms with Crippen molar-refractivity contribution in [3.63, 3.8) is 0 Å². The number of methoxy groups -OCH3 is 2. The van der Waals surface area contributed by atoms with Crippen LogP contribution in [0.2, 0.25) is 0 Å². The monoisotopic (exact) mass is 1060 g/mol. The zero-order valence-electron chi connectivity index (χ0n) is 46.2. The molecule has 1 heterocycles. The molecule has 3 aromatic carbocycles. The molecule has 2 N–H and O–H groups in total. The van der Waals surface area contributed by atoms with Crippen LogP contribution in [-0.2, 0) is 34.5 Å². The number of carbonyl (C=O) groups is 2. The lowest BCUT2D eigenvalue weighted by Gasteiger charge is -2.18. The molecular formula is C61H92FN3O9P+. The van der Waals surface area contributed by atoms with E-state index in [0.29, 0.717) is 58.1 Å². The van der Waals surface area contributed by atoms with E-state index in [0.717, 1.165) is 38.5 Å². The van der Waals surface area contributed by atoms with Gasteiger partial charge in [0, 0.05) is 23.5 Å². The zero-order valence-corrected chi connectivity index (χ0v) is 47.1. The third-order valence-corrected chi connectivity index (χ3v) is 15.8. The van der Waals surface area contributed by atoms with Crippen LogP contribution < -0.4 is 29.4 Å². The van der Waals surface area contributed by atoms with E-state index in [1.165, 1.54) is 166 Å². The van der Waals surface area contributed by atoms with Crippen molar-refractivity contribution in [2.24, 2.45) is 5.41 Å². The number of nitrogens with one attached hydrogen (secondary N) is 2. The van der Waals surface area contributed by atoms with Gasteiger partial charge in [0.15, 0.2) is 17.7 Å². The molecule has 1 fully saturated rings. The molecule has 0 atom stereocenters. The first-order valence-electron chi connectivity index (χ1n) is 28.9. The number of fused-ring (bicyclic) bond motifs is 1. The molecule has 12 nitrogen and oxygen atoms in total. The number of carbonyl (C=O) groups excluding carboxylic acids is 2. The van der Waals surface area contributed by atoms with Crippen LogP contribution in [0.1, 0.15) is 206 Å². The number of ether oxygens (including phenoxy) is 3. The Morgan fingerprint density at radius 3 is 1.35 bits per heavy atom. The topological polar surface area (TPSA) is 135 Å². The summed E-state index contributed by atoms with van der Waals surface area (Å²) < 4.78 is 65.7. The molecule has 0 radical (unpaired) electrons. The second-order valence-electron chi connectivity index (χ2n) is 20.6. The van der Waals surface area contributed by atoms with Crippen LogP contribution in [-0.4, -0.2) is 39.2 Å². The molecule has 0 spiro atoms. The molecular weight excluding hydrogens is 969 g/mol. The second kappa shape index (κ2) is 35.0. The highest BCUT2D eigenvalue weighted by Crippen LogP contribution is 2.50. The lowest BCUT2D eigenvalue weighted by Crippen LogP contribution is -2.35. The SMILES string of the molecule is CCCCCCCCCCCCCCCCOP(=O)(OCCCCCCCCCCCCCCCC)OC[n+]1ccc(Oc2ccc(NC(=O)C3(C(=O)Nc4ccc(F)cc4)CC3)cc2)c2cc(OC)c(OC)cc21. The highest BCUT2D eigenvalue weighted by molar-refractivity contribution is 7.48. The van der Waals surface area contributed by atoms with E-state index in [2.05, 4.69) is 24.5 Å². The van der Waals surface area contributed by atoms with Gasteiger partial charge in [-0.1, -0.05) is 181 Å². The van der Waals surface area contributed by atoms with Gasteiger partial charge in [0.05, 0.1) is 38.9 Å². The predicted molar refractivity (Wildman–Crippen MR) is 300 cm³/mol. The highest BCUT2D eigenvalue weighted by atomic mass is 31.2. The van der Waals surface area contributed by atoms with Gasteiger partial charge in [-0.25, -0.2) is 13.5 Å². The summed E-state index contributed by atoms with van der Waals surface area (Å²) in [5.74, 6) is 0.711. The summed E-state index contributed by atoms with van der Waals surface area (Å²) in [6, 6.07) is 17.7. The van der Waals surface area contributed by atoms with Crippen molar-refractivity contribution >= 4 is 41.9 Å². The minimum Gasteiger partial charge on any atom is -0.493 e. The number of rotatable bonds is 43. The van der Waals surface area contributed by atoms with Gasteiger partial charge in [0.25, 0.3) is 6.73 Å². The van der Waals surface area contributed by atoms with Gasteiger partial charge in [-0.2, -0.15) is 4.57 Å². The van der Waals surface area contributed by atoms with Crippen LogP contribution in [0, 0.1) is 11.2 Å². The fourth-order valence-corrected chi connectivity index (χ4v) is 10.7. The molecule has 2 amide bonds. The van der Waals surface area contributed by atoms with Crippen LogP contribution in [0.15, 0.2) is 72.9 Å². The summed E-state index contributed by atoms with van der Waals surface area (Å²) in [5, 5.41) is 6.28. The van der Waals surface area contributed by atoms with Crippen molar-refractivity contribution in [3.05, 3.63) is 78.7 Å². The lowest BCUT2D eigenvalue weighted by atomic mass is 10.0. The minimum absolute atomic E-state index is 0.126. The van der Waals surface area contributed by atoms with Gasteiger partial charge in [0.1, 0.15) is 22.7 Å². The standard InChI is InChI=1S/C61H91FN3O9P/c1-5-7-9-11-13-15-17-19-21-23-25-27-29-31-45-71-75(68,72-46-32-30-28-26-24-22-20-18-16-14-12-10-8-6-2)73-49-65-44-41-56(54-47-57(69-3)58(70-4)48-55(54)65)74-53-39-37-52(38-40-53)64-60(67)61(42-43-61)59(66)63-51-35-33-50(62)34-36-51/h33-41,44,47-48H,5-32,42-43,45-46,49H2,1-4H3,(H-,63,64,66,67)/p+1. The van der Waals surface area contributed by atoms with Gasteiger partial charge in [-0.3, -0.25) is 18.6 Å². The van der Waals surface area contributed by atoms with E-state index in [1.54, 1.807) is 55.3 Å². The van der Waals surface area contributed by atoms with Gasteiger partial charge in [0.2, 0.25) is 17.3 Å². The van der Waals surface area contributed by atoms with Crippen molar-refractivity contribution in [1.82, 2.24) is 0 Å². The molecule has 0 bridgehead atoms. The summed E-state index contributed by atoms with van der Waals surface area (Å²) in [4.78, 5) is 26.5. The van der Waals surface area contributed by atoms with Crippen molar-refractivity contribution in [3.8, 4) is 23.0 Å². The van der Waals surface area contributed by atoms with Crippen molar-refractivity contribution in [1.29, 1.82) is 0 Å². The summed E-state index contributed by atoms with van der Waals surface area (Å²) in [6.45, 7) is 4.98. The number of anilines is 2. The Morgan fingerprint density at radius 1 is 0.533 bits per heavy atom. The minimum atomic E-state index is -3.95. The van der Waals surface area contributed by atoms with E-state index in [4.69, 9.17) is 27.8 Å². The van der Waals surface area contributed by atoms with Crippen LogP contribution >= 0.6 is 7.82 Å². The quantitative estimate of drug-likeness (QED) is 0.0192. The Labute approximate surface area is 449 Å². The number of hydrogen-bond donors (Lipinski definition) is 2. The molecule has 1 aliphatic rings. The van der Waals surface area contributed by atoms with Crippen LogP contribution in [0.5, 0.6) is 23.0 Å². The number of phosphoric ester groups is 1. The Bertz CT molecular complexity index is 2250. The Morgan fingerprint density at radius 2 is 0.933 bits per heavy atom. The first-order valence-corrected chi connectivity index (χ1v) is 30.4. The normalized spacial score (nSPS) is 13.0. The Hall–Kier alpha value is -4.55. The van der Waals surface area contributed by atoms with E-state index in [-0.39, 0.29) is 19.9 Å².